The molecule has 5 N–H and O–H groups in total. The number of allylic oxidation sites excluding steroid dienone is 4. The number of fused-ring (bicyclic) bond motifs is 20. The number of nitrogens with one attached hydrogen (secondary N) is 4. The molecular formula is C81H79N9O19S2. The maximum atomic E-state index is 14.8. The van der Waals surface area contributed by atoms with Crippen molar-refractivity contribution in [2.45, 2.75) is 149 Å². The summed E-state index contributed by atoms with van der Waals surface area (Å²) in [4.78, 5) is 128. The number of carbonyl (C=O) groups is 8. The van der Waals surface area contributed by atoms with Crippen molar-refractivity contribution in [1.82, 2.24) is 40.2 Å². The van der Waals surface area contributed by atoms with Gasteiger partial charge in [-0.3, -0.25) is 59.0 Å². The van der Waals surface area contributed by atoms with Crippen LogP contribution in [-0.2, 0) is 81.2 Å². The number of ether oxygens (including phenoxy) is 10. The summed E-state index contributed by atoms with van der Waals surface area (Å²) < 4.78 is 60.7. The highest BCUT2D eigenvalue weighted by molar-refractivity contribution is 7.99. The molecule has 16 heterocycles. The Balaban J connectivity index is 0.000000150. The van der Waals surface area contributed by atoms with Crippen LogP contribution >= 0.6 is 23.5 Å². The first kappa shape index (κ1) is 71.5. The summed E-state index contributed by atoms with van der Waals surface area (Å²) in [6.07, 6.45) is 0.522. The average Bonchev–Trinajstić information content (AvgIpc) is 0.878. The molecular weight excluding hydrogens is 1470 g/mol. The molecule has 4 fully saturated rings. The molecule has 574 valence electrons. The Morgan fingerprint density at radius 2 is 1.00 bits per heavy atom. The predicted molar refractivity (Wildman–Crippen MR) is 398 cm³/mol. The number of hydrogen-bond acceptors (Lipinski definition) is 28. The number of carbonyl (C=O) groups excluding carboxylic acids is 8. The molecule has 6 aromatic rings. The SMILES string of the molecule is COC1=C(C)C(=O)C2=C(C1=O)C1C3[C@@H]4SC[C@]5(NCCc6c5[nH]c5ccccc65)C(=O)OC[C@@H](c5c6c(c(C)c(OC(C)=O)c54)OCO6)N3[C@@H](C#N)C(C2)N1C.COC1=C(C)C(=O)C2=C(C1=O)C1C3[C@@H]4SC[C@]5(NCCc6c5[nH]c5ccccc65)C(=O)OC[C@@H](c5c6c(c(C)c(OC(C)=O)c54)OCO6)N3[C@@H](O)C(C2)N1C. The van der Waals surface area contributed by atoms with Crippen LogP contribution in [0.3, 0.4) is 0 Å². The molecule has 16 aliphatic rings. The molecule has 28 nitrogen and oxygen atoms in total. The highest BCUT2D eigenvalue weighted by Gasteiger charge is 2.66. The normalized spacial score (nSPS) is 31.0. The number of likely N-dealkylation sites (N-methyl/N-ethyl adjacent to an activating group) is 2. The van der Waals surface area contributed by atoms with Gasteiger partial charge in [0.25, 0.3) is 0 Å². The summed E-state index contributed by atoms with van der Waals surface area (Å²) in [5.74, 6) is -0.709. The van der Waals surface area contributed by atoms with Crippen LogP contribution in [0, 0.1) is 25.2 Å². The molecule has 0 amide bonds. The number of para-hydroxylation sites is 2. The van der Waals surface area contributed by atoms with Crippen molar-refractivity contribution in [2.24, 2.45) is 0 Å². The molecule has 14 atom stereocenters. The van der Waals surface area contributed by atoms with Crippen molar-refractivity contribution >= 4 is 92.3 Å². The first-order valence-electron chi connectivity index (χ1n) is 37.3. The summed E-state index contributed by atoms with van der Waals surface area (Å²) in [6, 6.07) is 12.2. The Morgan fingerprint density at radius 1 is 0.577 bits per heavy atom. The number of esters is 4. The van der Waals surface area contributed by atoms with Crippen LogP contribution in [0.5, 0.6) is 34.5 Å². The number of hydrogen-bond donors (Lipinski definition) is 5. The molecule has 14 aliphatic heterocycles. The number of nitrogens with zero attached hydrogens (tertiary/aromatic N) is 5. The zero-order valence-corrected chi connectivity index (χ0v) is 64.0. The second kappa shape index (κ2) is 25.9. The maximum absolute atomic E-state index is 14.8. The van der Waals surface area contributed by atoms with Crippen LogP contribution in [0.4, 0.5) is 0 Å². The van der Waals surface area contributed by atoms with E-state index < -0.39 is 106 Å². The fourth-order valence-corrected chi connectivity index (χ4v) is 24.4. The van der Waals surface area contributed by atoms with Gasteiger partial charge >= 0.3 is 23.9 Å². The number of aliphatic hydroxyl groups excluding tert-OH is 1. The molecule has 8 bridgehead atoms. The van der Waals surface area contributed by atoms with Crippen LogP contribution < -0.4 is 39.1 Å². The fraction of sp³-hybridized carbons (Fsp3) is 0.444. The number of benzene rings is 4. The van der Waals surface area contributed by atoms with Gasteiger partial charge < -0.3 is 62.4 Å². The van der Waals surface area contributed by atoms with E-state index in [0.29, 0.717) is 116 Å². The molecule has 2 aromatic heterocycles. The Morgan fingerprint density at radius 3 is 1.45 bits per heavy atom. The standard InChI is InChI=1S/C41H39N5O9S.C40H40N4O10S/c1-17-32(48)22-12-24-25(13-42)46-26-14-52-40(50)41(39-21(10-11-43-41)20-8-6-7-9-23(20)44-39)15-56-38(31(46)30(45(24)4)27(22)33(49)35(17)51-5)29-28(26)37-36(53-16-54-37)18(2)34(29)55-19(3)47;1-16-30(46)21-12-23-38(48)44-24-13-51-39(49)40(37-20(10-11-41-40)19-8-6-7-9-22(19)42-37)14-55-36(29(44)28(43(23)4)25(21)31(47)33(16)50-5)27-26(24)35-34(52-15-53-35)17(2)32(27)54-18(3)45/h6-9,24-26,30-31,38,43-44H,10-12,14-16H2,1-5H3;6-9,23-24,28-29,36,38,41-42,48H,10-15H2,1-5H3/t24?,25-,26-,30?,31?,38+,41+;23?,24-,28?,29?,36+,38-,40+/m00/s1. The topological polar surface area (TPSA) is 341 Å². The van der Waals surface area contributed by atoms with E-state index in [0.717, 1.165) is 44.3 Å². The molecule has 30 heteroatoms. The number of aromatic nitrogens is 2. The van der Waals surface area contributed by atoms with Gasteiger partial charge in [-0.1, -0.05) is 36.4 Å². The number of aliphatic hydroxyl groups is 1. The average molecular weight is 1550 g/mol. The van der Waals surface area contributed by atoms with Gasteiger partial charge in [-0.2, -0.15) is 5.26 Å². The zero-order valence-electron chi connectivity index (χ0n) is 62.4. The second-order valence-corrected chi connectivity index (χ2v) is 33.1. The molecule has 6 unspecified atom stereocenters. The number of nitriles is 1. The van der Waals surface area contributed by atoms with Gasteiger partial charge in [0.1, 0.15) is 37.0 Å². The van der Waals surface area contributed by atoms with Crippen molar-refractivity contribution < 1.29 is 90.8 Å². The molecule has 2 aliphatic carbocycles. The lowest BCUT2D eigenvalue weighted by Gasteiger charge is -2.62. The Bertz CT molecular complexity index is 5460. The summed E-state index contributed by atoms with van der Waals surface area (Å²) in [5.41, 5.74) is 8.23. The Hall–Kier alpha value is -9.81. The Labute approximate surface area is 644 Å². The van der Waals surface area contributed by atoms with E-state index in [9.17, 15) is 48.7 Å². The number of piperazine rings is 2. The highest BCUT2D eigenvalue weighted by Crippen LogP contribution is 2.66. The zero-order chi connectivity index (χ0) is 77.2. The third-order valence-electron chi connectivity index (χ3n) is 25.7. The minimum atomic E-state index is -1.30. The van der Waals surface area contributed by atoms with E-state index in [1.54, 1.807) is 13.8 Å². The summed E-state index contributed by atoms with van der Waals surface area (Å²) in [7, 11) is 6.54. The van der Waals surface area contributed by atoms with Gasteiger partial charge in [-0.25, -0.2) is 9.59 Å². The quantitative estimate of drug-likeness (QED) is 0.0707. The van der Waals surface area contributed by atoms with Gasteiger partial charge in [0.15, 0.2) is 57.2 Å². The monoisotopic (exact) mass is 1550 g/mol. The Kier molecular flexibility index (Phi) is 16.7. The first-order chi connectivity index (χ1) is 53.5. The van der Waals surface area contributed by atoms with Crippen LogP contribution in [0.2, 0.25) is 0 Å². The number of rotatable bonds is 4. The van der Waals surface area contributed by atoms with E-state index in [4.69, 9.17) is 47.4 Å². The smallest absolute Gasteiger partial charge is 0.333 e. The minimum Gasteiger partial charge on any atom is -0.492 e. The molecule has 4 aromatic carbocycles. The summed E-state index contributed by atoms with van der Waals surface area (Å²) in [5, 5.41) is 31.6. The van der Waals surface area contributed by atoms with E-state index in [1.165, 1.54) is 51.6 Å². The van der Waals surface area contributed by atoms with Gasteiger partial charge in [0.05, 0.1) is 72.4 Å². The third kappa shape index (κ3) is 9.79. The maximum Gasteiger partial charge on any atom is 0.333 e. The number of ketones is 4. The van der Waals surface area contributed by atoms with Crippen molar-refractivity contribution in [3.05, 3.63) is 149 Å². The molecule has 0 saturated carbocycles. The van der Waals surface area contributed by atoms with E-state index >= 15 is 0 Å². The van der Waals surface area contributed by atoms with Gasteiger partial charge in [-0.15, -0.1) is 23.5 Å². The highest BCUT2D eigenvalue weighted by atomic mass is 32.2. The molecule has 22 rings (SSSR count). The number of thioether (sulfide) groups is 2. The lowest BCUT2D eigenvalue weighted by molar-refractivity contribution is -0.181. The summed E-state index contributed by atoms with van der Waals surface area (Å²) in [6.45, 7) is 9.96. The van der Waals surface area contributed by atoms with Crippen molar-refractivity contribution in [3.63, 3.8) is 0 Å². The van der Waals surface area contributed by atoms with Crippen molar-refractivity contribution in [2.75, 3.05) is 79.7 Å². The van der Waals surface area contributed by atoms with Gasteiger partial charge in [0.2, 0.25) is 25.2 Å². The second-order valence-electron chi connectivity index (χ2n) is 30.8. The summed E-state index contributed by atoms with van der Waals surface area (Å²) >= 11 is 2.91. The molecule has 0 radical (unpaired) electrons. The van der Waals surface area contributed by atoms with Gasteiger partial charge in [-0.05, 0) is 90.7 Å². The molecule has 4 saturated heterocycles. The van der Waals surface area contributed by atoms with Crippen LogP contribution in [-0.4, -0.2) is 210 Å². The minimum absolute atomic E-state index is 0.00178. The predicted octanol–water partition coefficient (Wildman–Crippen LogP) is 6.58. The van der Waals surface area contributed by atoms with Crippen molar-refractivity contribution in [3.8, 4) is 40.6 Å². The lowest BCUT2D eigenvalue weighted by atomic mass is 9.68. The van der Waals surface area contributed by atoms with E-state index in [1.807, 2.05) is 86.3 Å². The van der Waals surface area contributed by atoms with E-state index in [-0.39, 0.29) is 96.9 Å². The number of aromatic amines is 2. The van der Waals surface area contributed by atoms with Crippen molar-refractivity contribution in [1.29, 1.82) is 5.26 Å². The number of H-pyrrole nitrogens is 2. The van der Waals surface area contributed by atoms with E-state index in [2.05, 4.69) is 36.5 Å². The lowest BCUT2D eigenvalue weighted by Crippen LogP contribution is -2.73. The van der Waals surface area contributed by atoms with Crippen LogP contribution in [0.25, 0.3) is 21.8 Å². The largest absolute Gasteiger partial charge is 0.492 e. The van der Waals surface area contributed by atoms with Gasteiger partial charge in [0, 0.05) is 145 Å². The fourth-order valence-electron chi connectivity index (χ4n) is 21.0. The first-order valence-corrected chi connectivity index (χ1v) is 39.4. The third-order valence-corrected chi connectivity index (χ3v) is 28.7. The van der Waals surface area contributed by atoms with Crippen LogP contribution in [0.15, 0.2) is 93.5 Å². The van der Waals surface area contributed by atoms with Crippen LogP contribution in [0.1, 0.15) is 119 Å². The number of methoxy groups -OCH3 is 2. The molecule has 2 spiro atoms. The molecule has 111 heavy (non-hydrogen) atoms. The number of Topliss-reactive ketones (excluding diaryl/α,β-unsaturated/α-hetero) is 4.